The zero-order valence-electron chi connectivity index (χ0n) is 9.09. The van der Waals surface area contributed by atoms with Gasteiger partial charge in [0.25, 0.3) is 5.56 Å². The van der Waals surface area contributed by atoms with Gasteiger partial charge in [-0.25, -0.2) is 0 Å². The molecule has 0 atom stereocenters. The molecule has 16 heavy (non-hydrogen) atoms. The summed E-state index contributed by atoms with van der Waals surface area (Å²) in [6, 6.07) is 14.8. The first-order chi connectivity index (χ1) is 7.81. The Labute approximate surface area is 93.9 Å². The van der Waals surface area contributed by atoms with Gasteiger partial charge in [0.2, 0.25) is 0 Å². The van der Waals surface area contributed by atoms with Crippen LogP contribution in [-0.2, 0) is 6.54 Å². The minimum Gasteiger partial charge on any atom is -0.482 e. The second kappa shape index (κ2) is 4.66. The van der Waals surface area contributed by atoms with Crippen LogP contribution in [0.5, 0.6) is 5.88 Å². The van der Waals surface area contributed by atoms with E-state index in [1.54, 1.807) is 23.8 Å². The summed E-state index contributed by atoms with van der Waals surface area (Å²) in [4.78, 5) is 11.7. The van der Waals surface area contributed by atoms with Crippen LogP contribution < -0.4 is 10.3 Å². The van der Waals surface area contributed by atoms with E-state index in [4.69, 9.17) is 4.74 Å². The van der Waals surface area contributed by atoms with E-state index < -0.39 is 0 Å². The lowest BCUT2D eigenvalue weighted by molar-refractivity contribution is 0.370. The third-order valence-corrected chi connectivity index (χ3v) is 2.40. The van der Waals surface area contributed by atoms with Crippen molar-refractivity contribution < 1.29 is 4.74 Å². The Balaban J connectivity index is 2.38. The number of hydrogen-bond acceptors (Lipinski definition) is 2. The Bertz CT molecular complexity index is 517. The average Bonchev–Trinajstić information content (AvgIpc) is 2.33. The van der Waals surface area contributed by atoms with Crippen LogP contribution in [0.25, 0.3) is 0 Å². The van der Waals surface area contributed by atoms with E-state index in [0.717, 1.165) is 5.56 Å². The Morgan fingerprint density at radius 1 is 1.06 bits per heavy atom. The maximum Gasteiger partial charge on any atom is 0.253 e. The standard InChI is InChI=1S/C13H13NO2/c1-16-13-9-5-8-12(15)14(13)10-11-6-3-2-4-7-11/h2-9H,10H2,1H3. The molecule has 0 unspecified atom stereocenters. The lowest BCUT2D eigenvalue weighted by atomic mass is 10.2. The summed E-state index contributed by atoms with van der Waals surface area (Å²) in [6.07, 6.45) is 0. The predicted molar refractivity (Wildman–Crippen MR) is 62.8 cm³/mol. The van der Waals surface area contributed by atoms with Crippen LogP contribution in [0.3, 0.4) is 0 Å². The average molecular weight is 215 g/mol. The van der Waals surface area contributed by atoms with Crippen molar-refractivity contribution >= 4 is 0 Å². The Morgan fingerprint density at radius 3 is 2.50 bits per heavy atom. The van der Waals surface area contributed by atoms with E-state index in [0.29, 0.717) is 12.4 Å². The molecular weight excluding hydrogens is 202 g/mol. The molecule has 0 saturated heterocycles. The first-order valence-corrected chi connectivity index (χ1v) is 5.09. The smallest absolute Gasteiger partial charge is 0.253 e. The van der Waals surface area contributed by atoms with Crippen molar-refractivity contribution in [2.45, 2.75) is 6.54 Å². The largest absolute Gasteiger partial charge is 0.482 e. The molecular formula is C13H13NO2. The summed E-state index contributed by atoms with van der Waals surface area (Å²) in [7, 11) is 1.57. The molecule has 0 N–H and O–H groups in total. The van der Waals surface area contributed by atoms with E-state index >= 15 is 0 Å². The highest BCUT2D eigenvalue weighted by Crippen LogP contribution is 2.09. The Kier molecular flexibility index (Phi) is 3.05. The summed E-state index contributed by atoms with van der Waals surface area (Å²) >= 11 is 0. The van der Waals surface area contributed by atoms with Gasteiger partial charge in [0.1, 0.15) is 0 Å². The molecule has 0 spiro atoms. The lowest BCUT2D eigenvalue weighted by Gasteiger charge is -2.10. The second-order valence-corrected chi connectivity index (χ2v) is 3.48. The molecule has 0 aliphatic rings. The molecule has 0 fully saturated rings. The number of ether oxygens (including phenoxy) is 1. The fourth-order valence-corrected chi connectivity index (χ4v) is 1.60. The topological polar surface area (TPSA) is 31.2 Å². The maximum atomic E-state index is 11.7. The lowest BCUT2D eigenvalue weighted by Crippen LogP contribution is -2.20. The third-order valence-electron chi connectivity index (χ3n) is 2.40. The van der Waals surface area contributed by atoms with Gasteiger partial charge in [-0.15, -0.1) is 0 Å². The molecule has 0 aliphatic carbocycles. The fourth-order valence-electron chi connectivity index (χ4n) is 1.60. The van der Waals surface area contributed by atoms with E-state index in [9.17, 15) is 4.79 Å². The molecule has 0 radical (unpaired) electrons. The van der Waals surface area contributed by atoms with Gasteiger partial charge in [-0.05, 0) is 11.6 Å². The number of nitrogens with zero attached hydrogens (tertiary/aromatic N) is 1. The summed E-state index contributed by atoms with van der Waals surface area (Å²) in [5.41, 5.74) is 1.03. The van der Waals surface area contributed by atoms with Crippen LogP contribution in [-0.4, -0.2) is 11.7 Å². The van der Waals surface area contributed by atoms with Gasteiger partial charge in [-0.1, -0.05) is 36.4 Å². The van der Waals surface area contributed by atoms with Crippen LogP contribution >= 0.6 is 0 Å². The first-order valence-electron chi connectivity index (χ1n) is 5.09. The van der Waals surface area contributed by atoms with E-state index in [2.05, 4.69) is 0 Å². The molecule has 0 amide bonds. The van der Waals surface area contributed by atoms with E-state index in [1.807, 2.05) is 30.3 Å². The summed E-state index contributed by atoms with van der Waals surface area (Å²) < 4.78 is 6.77. The van der Waals surface area contributed by atoms with E-state index in [-0.39, 0.29) is 5.56 Å². The Hall–Kier alpha value is -2.03. The zero-order valence-corrected chi connectivity index (χ0v) is 9.09. The molecule has 1 aromatic carbocycles. The predicted octanol–water partition coefficient (Wildman–Crippen LogP) is 1.91. The van der Waals surface area contributed by atoms with Crippen LogP contribution in [0.15, 0.2) is 53.3 Å². The van der Waals surface area contributed by atoms with Gasteiger partial charge in [-0.3, -0.25) is 9.36 Å². The number of hydrogen-bond donors (Lipinski definition) is 0. The molecule has 0 aliphatic heterocycles. The van der Waals surface area contributed by atoms with Gasteiger partial charge < -0.3 is 4.74 Å². The van der Waals surface area contributed by atoms with Crippen molar-refractivity contribution in [3.63, 3.8) is 0 Å². The minimum atomic E-state index is -0.0526. The molecule has 1 aromatic heterocycles. The van der Waals surface area contributed by atoms with Gasteiger partial charge >= 0.3 is 0 Å². The quantitative estimate of drug-likeness (QED) is 0.783. The second-order valence-electron chi connectivity index (χ2n) is 3.48. The first kappa shape index (κ1) is 10.5. The number of rotatable bonds is 3. The maximum absolute atomic E-state index is 11.7. The molecule has 82 valence electrons. The fraction of sp³-hybridized carbons (Fsp3) is 0.154. The minimum absolute atomic E-state index is 0.0526. The van der Waals surface area contributed by atoms with Crippen LogP contribution in [0.4, 0.5) is 0 Å². The van der Waals surface area contributed by atoms with Crippen LogP contribution in [0, 0.1) is 0 Å². The summed E-state index contributed by atoms with van der Waals surface area (Å²) in [5, 5.41) is 0. The normalized spacial score (nSPS) is 10.1. The number of aromatic nitrogens is 1. The van der Waals surface area contributed by atoms with Crippen molar-refractivity contribution in [1.82, 2.24) is 4.57 Å². The third kappa shape index (κ3) is 2.14. The monoisotopic (exact) mass is 215 g/mol. The van der Waals surface area contributed by atoms with Crippen molar-refractivity contribution in [3.05, 3.63) is 64.4 Å². The Morgan fingerprint density at radius 2 is 1.81 bits per heavy atom. The molecule has 3 heteroatoms. The highest BCUT2D eigenvalue weighted by molar-refractivity contribution is 5.19. The van der Waals surface area contributed by atoms with Gasteiger partial charge in [0.05, 0.1) is 13.7 Å². The van der Waals surface area contributed by atoms with Gasteiger partial charge in [-0.2, -0.15) is 0 Å². The highest BCUT2D eigenvalue weighted by atomic mass is 16.5. The molecule has 1 heterocycles. The number of methoxy groups -OCH3 is 1. The van der Waals surface area contributed by atoms with Crippen LogP contribution in [0.2, 0.25) is 0 Å². The summed E-state index contributed by atoms with van der Waals surface area (Å²) in [5.74, 6) is 0.580. The zero-order chi connectivity index (χ0) is 11.4. The van der Waals surface area contributed by atoms with Crippen molar-refractivity contribution in [2.75, 3.05) is 7.11 Å². The SMILES string of the molecule is COc1cccc(=O)n1Cc1ccccc1. The summed E-state index contributed by atoms with van der Waals surface area (Å²) in [6.45, 7) is 0.531. The number of benzene rings is 1. The molecule has 0 bridgehead atoms. The number of pyridine rings is 1. The molecule has 2 aromatic rings. The van der Waals surface area contributed by atoms with Crippen molar-refractivity contribution in [1.29, 1.82) is 0 Å². The van der Waals surface area contributed by atoms with Gasteiger partial charge in [0.15, 0.2) is 5.88 Å². The van der Waals surface area contributed by atoms with Gasteiger partial charge in [0, 0.05) is 6.07 Å². The highest BCUT2D eigenvalue weighted by Gasteiger charge is 2.03. The molecule has 0 saturated carbocycles. The molecule has 3 nitrogen and oxygen atoms in total. The van der Waals surface area contributed by atoms with Crippen LogP contribution in [0.1, 0.15) is 5.56 Å². The van der Waals surface area contributed by atoms with Crippen molar-refractivity contribution in [3.8, 4) is 5.88 Å². The van der Waals surface area contributed by atoms with Crippen molar-refractivity contribution in [2.24, 2.45) is 0 Å². The molecule has 2 rings (SSSR count). The van der Waals surface area contributed by atoms with E-state index in [1.165, 1.54) is 6.07 Å².